The topological polar surface area (TPSA) is 174 Å². The highest BCUT2D eigenvalue weighted by Gasteiger charge is 2.34. The Kier molecular flexibility index (Phi) is 11.3. The van der Waals surface area contributed by atoms with Crippen LogP contribution in [0.2, 0.25) is 5.02 Å². The standard InChI is InChI=1S/C44H52ClN9O6S/c1-27-24-32(10-11-34(27)47-43-46-26-29-25-33(45)42(57)53(40(29)49-43)30-6-3-4-7-30)61(59,60)31-17-20-51(21-18-31)19-14-28-15-22-52(23-16-28)35-8-5-9-36-39(35)50(2)44(58)54(36)37-12-13-38(55)48-41(37)56/h5,8-11,24-26,28,30-31,37H,3-4,6-7,12-23H2,1-2H3,(H,46,47,49)(H,48,55,56). The van der Waals surface area contributed by atoms with Gasteiger partial charge in [-0.05, 0) is 126 Å². The third-order valence-electron chi connectivity index (χ3n) is 13.6. The summed E-state index contributed by atoms with van der Waals surface area (Å²) in [5.41, 5.74) is 3.94. The van der Waals surface area contributed by atoms with Gasteiger partial charge in [-0.2, -0.15) is 4.98 Å². The van der Waals surface area contributed by atoms with E-state index in [9.17, 15) is 27.6 Å². The van der Waals surface area contributed by atoms with E-state index in [0.717, 1.165) is 94.4 Å². The number of para-hydroxylation sites is 1. The van der Waals surface area contributed by atoms with E-state index in [0.29, 0.717) is 58.3 Å². The van der Waals surface area contributed by atoms with E-state index in [4.69, 9.17) is 16.6 Å². The first-order chi connectivity index (χ1) is 29.4. The van der Waals surface area contributed by atoms with E-state index in [1.807, 2.05) is 25.1 Å². The second kappa shape index (κ2) is 16.7. The number of nitrogens with one attached hydrogen (secondary N) is 2. The number of benzene rings is 2. The van der Waals surface area contributed by atoms with Crippen molar-refractivity contribution in [3.8, 4) is 0 Å². The maximum Gasteiger partial charge on any atom is 0.329 e. The molecule has 2 aromatic carbocycles. The molecule has 1 atom stereocenters. The van der Waals surface area contributed by atoms with Gasteiger partial charge < -0.3 is 15.1 Å². The molecule has 0 bridgehead atoms. The van der Waals surface area contributed by atoms with Crippen LogP contribution in [0.15, 0.2) is 63.1 Å². The van der Waals surface area contributed by atoms with Crippen LogP contribution in [0.25, 0.3) is 22.1 Å². The average molecular weight is 870 g/mol. The second-order valence-corrected chi connectivity index (χ2v) is 19.9. The number of carbonyl (C=O) groups is 2. The molecule has 15 nitrogen and oxygen atoms in total. The van der Waals surface area contributed by atoms with Gasteiger partial charge in [-0.15, -0.1) is 0 Å². The number of hydrogen-bond acceptors (Lipinski definition) is 11. The van der Waals surface area contributed by atoms with Crippen molar-refractivity contribution in [1.29, 1.82) is 0 Å². The van der Waals surface area contributed by atoms with Crippen molar-refractivity contribution in [2.24, 2.45) is 13.0 Å². The fourth-order valence-electron chi connectivity index (χ4n) is 10.1. The number of hydrogen-bond donors (Lipinski definition) is 2. The molecule has 3 saturated heterocycles. The number of likely N-dealkylation sites (tertiary alicyclic amines) is 1. The number of aromatic nitrogens is 5. The summed E-state index contributed by atoms with van der Waals surface area (Å²) in [5, 5.41) is 6.03. The molecule has 0 spiro atoms. The smallest absolute Gasteiger partial charge is 0.329 e. The summed E-state index contributed by atoms with van der Waals surface area (Å²) >= 11 is 6.30. The summed E-state index contributed by atoms with van der Waals surface area (Å²) < 4.78 is 32.7. The summed E-state index contributed by atoms with van der Waals surface area (Å²) in [5.74, 6) is 0.115. The molecule has 4 aliphatic rings. The van der Waals surface area contributed by atoms with Crippen LogP contribution in [0.1, 0.15) is 88.3 Å². The zero-order valence-electron chi connectivity index (χ0n) is 34.6. The molecule has 3 aromatic heterocycles. The minimum absolute atomic E-state index is 0.0450. The van der Waals surface area contributed by atoms with Crippen LogP contribution in [0, 0.1) is 12.8 Å². The number of nitrogens with zero attached hydrogens (tertiary/aromatic N) is 7. The van der Waals surface area contributed by atoms with Crippen molar-refractivity contribution in [3.63, 3.8) is 0 Å². The number of anilines is 3. The summed E-state index contributed by atoms with van der Waals surface area (Å²) in [4.78, 5) is 65.3. The number of imide groups is 1. The highest BCUT2D eigenvalue weighted by Crippen LogP contribution is 2.35. The van der Waals surface area contributed by atoms with Crippen molar-refractivity contribution in [2.45, 2.75) is 99.8 Å². The summed E-state index contributed by atoms with van der Waals surface area (Å²) in [6.45, 7) is 5.96. The van der Waals surface area contributed by atoms with Crippen LogP contribution in [-0.2, 0) is 26.5 Å². The van der Waals surface area contributed by atoms with Gasteiger partial charge in [0.05, 0.1) is 26.9 Å². The Bertz CT molecular complexity index is 2760. The van der Waals surface area contributed by atoms with Gasteiger partial charge in [0.1, 0.15) is 16.7 Å². The molecular weight excluding hydrogens is 818 g/mol. The molecule has 6 heterocycles. The largest absolute Gasteiger partial charge is 0.370 e. The van der Waals surface area contributed by atoms with Gasteiger partial charge in [0.2, 0.25) is 17.8 Å². The van der Waals surface area contributed by atoms with Crippen LogP contribution < -0.4 is 26.8 Å². The van der Waals surface area contributed by atoms with Crippen molar-refractivity contribution in [1.82, 2.24) is 33.9 Å². The first kappa shape index (κ1) is 41.3. The lowest BCUT2D eigenvalue weighted by Gasteiger charge is -2.36. The molecule has 4 fully saturated rings. The van der Waals surface area contributed by atoms with Gasteiger partial charge in [-0.3, -0.25) is 33.4 Å². The van der Waals surface area contributed by atoms with Gasteiger partial charge in [-0.25, -0.2) is 18.2 Å². The molecule has 1 saturated carbocycles. The maximum atomic E-state index is 13.9. The van der Waals surface area contributed by atoms with Gasteiger partial charge in [0.25, 0.3) is 5.56 Å². The van der Waals surface area contributed by atoms with Crippen LogP contribution >= 0.6 is 11.6 Å². The van der Waals surface area contributed by atoms with Crippen molar-refractivity contribution in [3.05, 3.63) is 80.1 Å². The number of aryl methyl sites for hydroxylation is 2. The number of imidazole rings is 1. The third kappa shape index (κ3) is 7.86. The summed E-state index contributed by atoms with van der Waals surface area (Å²) in [6.07, 6.45) is 10.3. The molecule has 1 unspecified atom stereocenters. The first-order valence-corrected chi connectivity index (χ1v) is 23.5. The molecule has 0 radical (unpaired) electrons. The summed E-state index contributed by atoms with van der Waals surface area (Å²) in [7, 11) is -1.81. The Labute approximate surface area is 359 Å². The second-order valence-electron chi connectivity index (χ2n) is 17.3. The molecule has 9 rings (SSSR count). The fraction of sp³-hybridized carbons (Fsp3) is 0.500. The van der Waals surface area contributed by atoms with Gasteiger partial charge in [0, 0.05) is 49.9 Å². The van der Waals surface area contributed by atoms with Crippen molar-refractivity contribution in [2.75, 3.05) is 42.9 Å². The van der Waals surface area contributed by atoms with E-state index in [-0.39, 0.29) is 34.6 Å². The van der Waals surface area contributed by atoms with Crippen LogP contribution in [-0.4, -0.2) is 86.8 Å². The highest BCUT2D eigenvalue weighted by atomic mass is 35.5. The molecule has 3 aliphatic heterocycles. The molecule has 61 heavy (non-hydrogen) atoms. The molecule has 2 N–H and O–H groups in total. The number of rotatable bonds is 10. The Balaban J connectivity index is 0.786. The van der Waals surface area contributed by atoms with Crippen LogP contribution in [0.5, 0.6) is 0 Å². The van der Waals surface area contributed by atoms with Crippen LogP contribution in [0.3, 0.4) is 0 Å². The normalized spacial score (nSPS) is 20.2. The molecular formula is C44H52ClN9O6S. The minimum Gasteiger partial charge on any atom is -0.370 e. The number of carbonyl (C=O) groups excluding carboxylic acids is 2. The highest BCUT2D eigenvalue weighted by molar-refractivity contribution is 7.92. The monoisotopic (exact) mass is 869 g/mol. The zero-order chi connectivity index (χ0) is 42.6. The van der Waals surface area contributed by atoms with E-state index in [1.165, 1.54) is 4.57 Å². The lowest BCUT2D eigenvalue weighted by atomic mass is 9.92. The van der Waals surface area contributed by atoms with Gasteiger partial charge >= 0.3 is 5.69 Å². The molecule has 5 aromatic rings. The average Bonchev–Trinajstić information content (AvgIpc) is 3.88. The van der Waals surface area contributed by atoms with Gasteiger partial charge in [0.15, 0.2) is 9.84 Å². The molecule has 2 amide bonds. The quantitative estimate of drug-likeness (QED) is 0.163. The third-order valence-corrected chi connectivity index (χ3v) is 16.1. The predicted octanol–water partition coefficient (Wildman–Crippen LogP) is 5.79. The predicted molar refractivity (Wildman–Crippen MR) is 236 cm³/mol. The van der Waals surface area contributed by atoms with E-state index in [1.54, 1.807) is 46.6 Å². The van der Waals surface area contributed by atoms with Crippen molar-refractivity contribution < 1.29 is 18.0 Å². The molecule has 1 aliphatic carbocycles. The Hall–Kier alpha value is -5.06. The fourth-order valence-corrected chi connectivity index (χ4v) is 12.1. The van der Waals surface area contributed by atoms with Crippen molar-refractivity contribution >= 4 is 72.6 Å². The number of amides is 2. The summed E-state index contributed by atoms with van der Waals surface area (Å²) in [6, 6.07) is 11.9. The zero-order valence-corrected chi connectivity index (χ0v) is 36.2. The lowest BCUT2D eigenvalue weighted by molar-refractivity contribution is -0.135. The molecule has 17 heteroatoms. The first-order valence-electron chi connectivity index (χ1n) is 21.6. The minimum atomic E-state index is -3.55. The number of sulfone groups is 1. The Morgan fingerprint density at radius 3 is 2.38 bits per heavy atom. The van der Waals surface area contributed by atoms with Crippen LogP contribution in [0.4, 0.5) is 17.3 Å². The number of piperidine rings is 3. The molecule has 322 valence electrons. The Morgan fingerprint density at radius 2 is 1.66 bits per heavy atom. The number of fused-ring (bicyclic) bond motifs is 2. The number of pyridine rings is 1. The van der Waals surface area contributed by atoms with Gasteiger partial charge in [-0.1, -0.05) is 30.5 Å². The van der Waals surface area contributed by atoms with E-state index >= 15 is 0 Å². The van der Waals surface area contributed by atoms with E-state index < -0.39 is 27.0 Å². The SMILES string of the molecule is Cc1cc(S(=O)(=O)C2CCN(CCC3CCN(c4cccc5c4n(C)c(=O)n5C4CCC(=O)NC4=O)CC3)CC2)ccc1Nc1ncc2cc(Cl)c(=O)n(C3CCCC3)c2n1. The maximum absolute atomic E-state index is 13.9. The number of halogens is 1. The lowest BCUT2D eigenvalue weighted by Crippen LogP contribution is -2.44. The van der Waals surface area contributed by atoms with E-state index in [2.05, 4.69) is 25.4 Å². The Morgan fingerprint density at radius 1 is 0.902 bits per heavy atom.